The maximum absolute atomic E-state index is 4.36. The van der Waals surface area contributed by atoms with Gasteiger partial charge in [0.05, 0.1) is 5.52 Å². The Morgan fingerprint density at radius 3 is 3.11 bits per heavy atom. The van der Waals surface area contributed by atoms with Crippen LogP contribution in [0, 0.1) is 6.92 Å². The molecular formula is C14H21N5. The number of imidazole rings is 1. The summed E-state index contributed by atoms with van der Waals surface area (Å²) in [4.78, 5) is 11.9. The minimum atomic E-state index is 0.466. The van der Waals surface area contributed by atoms with E-state index in [2.05, 4.69) is 32.5 Å². The fourth-order valence-corrected chi connectivity index (χ4v) is 2.21. The van der Waals surface area contributed by atoms with Crippen LogP contribution in [0.25, 0.3) is 11.2 Å². The molecule has 0 saturated heterocycles. The van der Waals surface area contributed by atoms with Crippen LogP contribution in [0.1, 0.15) is 31.2 Å². The molecule has 0 aliphatic heterocycles. The third-order valence-electron chi connectivity index (χ3n) is 3.53. The smallest absolute Gasteiger partial charge is 0.177 e. The molecule has 0 amide bonds. The quantitative estimate of drug-likeness (QED) is 0.735. The van der Waals surface area contributed by atoms with Crippen LogP contribution in [0.4, 0.5) is 0 Å². The lowest BCUT2D eigenvalue weighted by molar-refractivity contribution is 0.500. The van der Waals surface area contributed by atoms with Crippen molar-refractivity contribution in [3.63, 3.8) is 0 Å². The molecule has 102 valence electrons. The van der Waals surface area contributed by atoms with Crippen molar-refractivity contribution in [2.75, 3.05) is 6.54 Å². The summed E-state index contributed by atoms with van der Waals surface area (Å²) in [6, 6.07) is 3.29. The molecule has 0 radical (unpaired) electrons. The van der Waals surface area contributed by atoms with Crippen LogP contribution in [0.2, 0.25) is 0 Å². The number of pyridine rings is 1. The lowest BCUT2D eigenvalue weighted by Gasteiger charge is -2.14. The van der Waals surface area contributed by atoms with Crippen molar-refractivity contribution >= 4 is 11.2 Å². The number of nitrogens with zero attached hydrogens (tertiary/aromatic N) is 2. The zero-order valence-corrected chi connectivity index (χ0v) is 11.5. The molecule has 2 aromatic heterocycles. The van der Waals surface area contributed by atoms with Crippen molar-refractivity contribution in [1.82, 2.24) is 25.6 Å². The normalized spacial score (nSPS) is 16.9. The summed E-state index contributed by atoms with van der Waals surface area (Å²) >= 11 is 0. The van der Waals surface area contributed by atoms with E-state index in [1.165, 1.54) is 18.4 Å². The Hall–Kier alpha value is -1.46. The van der Waals surface area contributed by atoms with Crippen molar-refractivity contribution in [3.8, 4) is 0 Å². The standard InChI is InChI=1S/C14H21N5/c1-9(7-17-12-3-4-12)16-8-11-5-6-15-14-13(11)18-10(2)19-14/h5-6,9,12,16-17H,3-4,7-8H2,1-2H3,(H,15,18,19). The number of hydrogen-bond acceptors (Lipinski definition) is 4. The molecule has 0 bridgehead atoms. The van der Waals surface area contributed by atoms with E-state index in [-0.39, 0.29) is 0 Å². The highest BCUT2D eigenvalue weighted by molar-refractivity contribution is 5.74. The van der Waals surface area contributed by atoms with Crippen molar-refractivity contribution in [1.29, 1.82) is 0 Å². The lowest BCUT2D eigenvalue weighted by atomic mass is 10.2. The predicted octanol–water partition coefficient (Wildman–Crippen LogP) is 1.50. The van der Waals surface area contributed by atoms with Gasteiger partial charge in [-0.05, 0) is 38.3 Å². The van der Waals surface area contributed by atoms with Gasteiger partial charge in [0.15, 0.2) is 5.65 Å². The van der Waals surface area contributed by atoms with E-state index in [1.807, 2.05) is 19.2 Å². The summed E-state index contributed by atoms with van der Waals surface area (Å²) in [5.74, 6) is 0.915. The van der Waals surface area contributed by atoms with E-state index in [4.69, 9.17) is 0 Å². The van der Waals surface area contributed by atoms with Crippen molar-refractivity contribution < 1.29 is 0 Å². The largest absolute Gasteiger partial charge is 0.341 e. The molecule has 2 aromatic rings. The number of aromatic nitrogens is 3. The van der Waals surface area contributed by atoms with E-state index in [0.717, 1.165) is 36.1 Å². The molecule has 1 aliphatic rings. The molecule has 1 saturated carbocycles. The van der Waals surface area contributed by atoms with Gasteiger partial charge in [0.25, 0.3) is 0 Å². The number of H-pyrrole nitrogens is 1. The number of nitrogens with one attached hydrogen (secondary N) is 3. The van der Waals surface area contributed by atoms with Crippen molar-refractivity contribution in [2.24, 2.45) is 0 Å². The van der Waals surface area contributed by atoms with Gasteiger partial charge in [-0.3, -0.25) is 0 Å². The zero-order valence-electron chi connectivity index (χ0n) is 11.5. The Morgan fingerprint density at radius 2 is 2.32 bits per heavy atom. The first-order valence-corrected chi connectivity index (χ1v) is 6.99. The van der Waals surface area contributed by atoms with Gasteiger partial charge < -0.3 is 15.6 Å². The van der Waals surface area contributed by atoms with Crippen LogP contribution in [0.3, 0.4) is 0 Å². The monoisotopic (exact) mass is 259 g/mol. The third-order valence-corrected chi connectivity index (χ3v) is 3.53. The second kappa shape index (κ2) is 5.27. The van der Waals surface area contributed by atoms with Gasteiger partial charge in [-0.1, -0.05) is 0 Å². The molecule has 1 fully saturated rings. The fraction of sp³-hybridized carbons (Fsp3) is 0.571. The van der Waals surface area contributed by atoms with E-state index in [0.29, 0.717) is 6.04 Å². The molecule has 5 nitrogen and oxygen atoms in total. The van der Waals surface area contributed by atoms with Gasteiger partial charge in [0, 0.05) is 31.4 Å². The number of aryl methyl sites for hydroxylation is 1. The fourth-order valence-electron chi connectivity index (χ4n) is 2.21. The molecule has 1 atom stereocenters. The summed E-state index contributed by atoms with van der Waals surface area (Å²) in [6.07, 6.45) is 4.50. The minimum absolute atomic E-state index is 0.466. The first kappa shape index (κ1) is 12.6. The van der Waals surface area contributed by atoms with Crippen LogP contribution in [0.15, 0.2) is 12.3 Å². The molecule has 0 aromatic carbocycles. The Kier molecular flexibility index (Phi) is 3.48. The minimum Gasteiger partial charge on any atom is -0.341 e. The summed E-state index contributed by atoms with van der Waals surface area (Å²) in [6.45, 7) is 6.04. The van der Waals surface area contributed by atoms with Gasteiger partial charge >= 0.3 is 0 Å². The predicted molar refractivity (Wildman–Crippen MR) is 76.0 cm³/mol. The Morgan fingerprint density at radius 1 is 1.47 bits per heavy atom. The maximum Gasteiger partial charge on any atom is 0.177 e. The molecular weight excluding hydrogens is 238 g/mol. The van der Waals surface area contributed by atoms with E-state index in [1.54, 1.807) is 0 Å². The SMILES string of the molecule is Cc1nc2nccc(CNC(C)CNC3CC3)c2[nH]1. The molecule has 5 heteroatoms. The highest BCUT2D eigenvalue weighted by Crippen LogP contribution is 2.18. The van der Waals surface area contributed by atoms with Gasteiger partial charge in [-0.15, -0.1) is 0 Å². The van der Waals surface area contributed by atoms with Crippen LogP contribution < -0.4 is 10.6 Å². The Bertz CT molecular complexity index is 558. The second-order valence-electron chi connectivity index (χ2n) is 5.46. The number of rotatable bonds is 6. The topological polar surface area (TPSA) is 65.6 Å². The maximum atomic E-state index is 4.36. The highest BCUT2D eigenvalue weighted by Gasteiger charge is 2.20. The van der Waals surface area contributed by atoms with E-state index >= 15 is 0 Å². The molecule has 3 rings (SSSR count). The number of hydrogen-bond donors (Lipinski definition) is 3. The van der Waals surface area contributed by atoms with Gasteiger partial charge in [0.1, 0.15) is 5.82 Å². The Balaban J connectivity index is 1.60. The molecule has 0 spiro atoms. The number of fused-ring (bicyclic) bond motifs is 1. The molecule has 3 N–H and O–H groups in total. The summed E-state index contributed by atoms with van der Waals surface area (Å²) in [7, 11) is 0. The van der Waals surface area contributed by atoms with Crippen molar-refractivity contribution in [2.45, 2.75) is 45.3 Å². The second-order valence-corrected chi connectivity index (χ2v) is 5.46. The molecule has 1 aliphatic carbocycles. The summed E-state index contributed by atoms with van der Waals surface area (Å²) < 4.78 is 0. The molecule has 19 heavy (non-hydrogen) atoms. The van der Waals surface area contributed by atoms with Crippen LogP contribution in [0.5, 0.6) is 0 Å². The first-order valence-electron chi connectivity index (χ1n) is 6.99. The highest BCUT2D eigenvalue weighted by atomic mass is 15.0. The van der Waals surface area contributed by atoms with Crippen molar-refractivity contribution in [3.05, 3.63) is 23.7 Å². The average molecular weight is 259 g/mol. The van der Waals surface area contributed by atoms with Gasteiger partial charge in [-0.25, -0.2) is 9.97 Å². The Labute approximate surface area is 113 Å². The van der Waals surface area contributed by atoms with E-state index in [9.17, 15) is 0 Å². The van der Waals surface area contributed by atoms with Crippen LogP contribution in [-0.4, -0.2) is 33.6 Å². The summed E-state index contributed by atoms with van der Waals surface area (Å²) in [5, 5.41) is 7.08. The van der Waals surface area contributed by atoms with E-state index < -0.39 is 0 Å². The molecule has 2 heterocycles. The number of aromatic amines is 1. The summed E-state index contributed by atoms with van der Waals surface area (Å²) in [5.41, 5.74) is 3.08. The van der Waals surface area contributed by atoms with Gasteiger partial charge in [-0.2, -0.15) is 0 Å². The third kappa shape index (κ3) is 3.11. The van der Waals surface area contributed by atoms with Gasteiger partial charge in [0.2, 0.25) is 0 Å². The average Bonchev–Trinajstić information content (AvgIpc) is 3.14. The first-order chi connectivity index (χ1) is 9.22. The molecule has 1 unspecified atom stereocenters. The lowest BCUT2D eigenvalue weighted by Crippen LogP contribution is -2.36. The van der Waals surface area contributed by atoms with Crippen LogP contribution in [-0.2, 0) is 6.54 Å². The zero-order chi connectivity index (χ0) is 13.2. The van der Waals surface area contributed by atoms with Crippen LogP contribution >= 0.6 is 0 Å².